The summed E-state index contributed by atoms with van der Waals surface area (Å²) in [5.74, 6) is 1.22. The molecule has 1 aromatic heterocycles. The van der Waals surface area contributed by atoms with E-state index in [2.05, 4.69) is 9.97 Å². The van der Waals surface area contributed by atoms with Crippen LogP contribution in [0.4, 0.5) is 0 Å². The van der Waals surface area contributed by atoms with Crippen LogP contribution in [-0.2, 0) is 0 Å². The molecule has 28 heavy (non-hydrogen) atoms. The number of fused-ring (bicyclic) bond motifs is 1. The number of nitrogens with zero attached hydrogens (tertiary/aromatic N) is 3. The van der Waals surface area contributed by atoms with E-state index in [1.165, 1.54) is 0 Å². The number of aliphatic hydroxyl groups is 1. The van der Waals surface area contributed by atoms with Crippen LogP contribution in [0.5, 0.6) is 0 Å². The molecule has 2 N–H and O–H groups in total. The average molecular weight is 397 g/mol. The van der Waals surface area contributed by atoms with Gasteiger partial charge in [-0.1, -0.05) is 23.7 Å². The van der Waals surface area contributed by atoms with Gasteiger partial charge in [0.05, 0.1) is 11.4 Å². The van der Waals surface area contributed by atoms with Gasteiger partial charge in [0.15, 0.2) is 5.69 Å². The van der Waals surface area contributed by atoms with Crippen molar-refractivity contribution in [2.75, 3.05) is 7.05 Å². The lowest BCUT2D eigenvalue weighted by Crippen LogP contribution is -2.36. The van der Waals surface area contributed by atoms with E-state index in [9.17, 15) is 9.90 Å². The van der Waals surface area contributed by atoms with Crippen LogP contribution in [0.25, 0.3) is 0 Å². The number of allylic oxidation sites excluding steroid dienone is 1. The number of hydrogen-bond donors (Lipinski definition) is 2. The fourth-order valence-corrected chi connectivity index (χ4v) is 4.11. The molecule has 1 fully saturated rings. The first-order chi connectivity index (χ1) is 13.4. The molecule has 1 aromatic carbocycles. The van der Waals surface area contributed by atoms with E-state index >= 15 is 0 Å². The number of nitrogens with one attached hydrogen (secondary N) is 1. The number of halogens is 1. The molecular formula is C21H21ClN4O2. The number of carbonyl (C=O) groups excluding carboxylic acids is 1. The lowest BCUT2D eigenvalue weighted by Gasteiger charge is -2.33. The van der Waals surface area contributed by atoms with Crippen LogP contribution in [-0.4, -0.2) is 44.1 Å². The van der Waals surface area contributed by atoms with Gasteiger partial charge in [0, 0.05) is 24.2 Å². The monoisotopic (exact) mass is 396 g/mol. The van der Waals surface area contributed by atoms with Gasteiger partial charge in [0.1, 0.15) is 18.1 Å². The number of aromatic amines is 1. The van der Waals surface area contributed by atoms with Crippen LogP contribution in [0.2, 0.25) is 5.02 Å². The lowest BCUT2D eigenvalue weighted by atomic mass is 10.0. The van der Waals surface area contributed by atoms with Crippen molar-refractivity contribution in [3.63, 3.8) is 0 Å². The number of likely N-dealkylation sites (N-methyl/N-ethyl adjacent to an activating group) is 1. The number of H-pyrrole nitrogens is 1. The Labute approximate surface area is 168 Å². The smallest absolute Gasteiger partial charge is 0.279 e. The van der Waals surface area contributed by atoms with Gasteiger partial charge in [0.25, 0.3) is 5.91 Å². The van der Waals surface area contributed by atoms with Crippen LogP contribution in [0.3, 0.4) is 0 Å². The molecule has 1 aliphatic carbocycles. The van der Waals surface area contributed by atoms with Crippen molar-refractivity contribution in [2.24, 2.45) is 0 Å². The van der Waals surface area contributed by atoms with Gasteiger partial charge in [-0.25, -0.2) is 4.98 Å². The molecule has 2 aromatic rings. The summed E-state index contributed by atoms with van der Waals surface area (Å²) in [4.78, 5) is 24.9. The molecule has 0 saturated heterocycles. The predicted octanol–water partition coefficient (Wildman–Crippen LogP) is 3.54. The molecule has 144 valence electrons. The van der Waals surface area contributed by atoms with E-state index in [0.717, 1.165) is 41.2 Å². The van der Waals surface area contributed by atoms with Crippen molar-refractivity contribution < 1.29 is 9.90 Å². The Balaban J connectivity index is 1.63. The second-order valence-corrected chi connectivity index (χ2v) is 8.21. The van der Waals surface area contributed by atoms with Gasteiger partial charge < -0.3 is 15.0 Å². The topological polar surface area (TPSA) is 72.5 Å². The minimum absolute atomic E-state index is 0.127. The normalized spacial score (nSPS) is 24.4. The van der Waals surface area contributed by atoms with Crippen molar-refractivity contribution in [3.05, 3.63) is 75.6 Å². The molecule has 1 saturated carbocycles. The molecule has 3 heterocycles. The fourth-order valence-electron chi connectivity index (χ4n) is 3.98. The summed E-state index contributed by atoms with van der Waals surface area (Å²) < 4.78 is 0. The van der Waals surface area contributed by atoms with E-state index in [-0.39, 0.29) is 11.9 Å². The van der Waals surface area contributed by atoms with Gasteiger partial charge in [0.2, 0.25) is 0 Å². The highest BCUT2D eigenvalue weighted by Crippen LogP contribution is 2.45. The number of aromatic nitrogens is 2. The molecule has 0 bridgehead atoms. The zero-order valence-electron chi connectivity index (χ0n) is 15.7. The Bertz CT molecular complexity index is 1020. The van der Waals surface area contributed by atoms with Crippen molar-refractivity contribution in [1.82, 2.24) is 19.8 Å². The molecule has 2 atom stereocenters. The first-order valence-corrected chi connectivity index (χ1v) is 9.80. The van der Waals surface area contributed by atoms with Crippen LogP contribution < -0.4 is 0 Å². The predicted molar refractivity (Wildman–Crippen MR) is 106 cm³/mol. The Kier molecular flexibility index (Phi) is 3.89. The van der Waals surface area contributed by atoms with E-state index in [4.69, 9.17) is 11.6 Å². The van der Waals surface area contributed by atoms with Crippen molar-refractivity contribution in [3.8, 4) is 0 Å². The van der Waals surface area contributed by atoms with Gasteiger partial charge in [-0.3, -0.25) is 9.69 Å². The van der Waals surface area contributed by atoms with Gasteiger partial charge in [-0.15, -0.1) is 0 Å². The fraction of sp³-hybridized carbons (Fsp3) is 0.333. The molecule has 6 nitrogen and oxygen atoms in total. The maximum Gasteiger partial charge on any atom is 0.279 e. The highest BCUT2D eigenvalue weighted by Gasteiger charge is 2.44. The Morgan fingerprint density at radius 2 is 1.96 bits per heavy atom. The van der Waals surface area contributed by atoms with Gasteiger partial charge >= 0.3 is 0 Å². The molecule has 0 radical (unpaired) electrons. The minimum Gasteiger partial charge on any atom is -0.370 e. The quantitative estimate of drug-likeness (QED) is 0.832. The highest BCUT2D eigenvalue weighted by molar-refractivity contribution is 6.30. The SMILES string of the molecule is CC1=CC(N2C(=O)c3nc(C4CC4)[nH]c3C2c2ccc(Cl)cc2)=CN(C)C1O. The first kappa shape index (κ1) is 17.5. The van der Waals surface area contributed by atoms with E-state index in [1.54, 1.807) is 23.0 Å². The van der Waals surface area contributed by atoms with Crippen LogP contribution in [0.1, 0.15) is 59.3 Å². The van der Waals surface area contributed by atoms with Gasteiger partial charge in [-0.05, 0) is 49.1 Å². The van der Waals surface area contributed by atoms with Crippen LogP contribution in [0.15, 0.2) is 47.8 Å². The molecule has 3 aliphatic rings. The molecular weight excluding hydrogens is 376 g/mol. The summed E-state index contributed by atoms with van der Waals surface area (Å²) in [5.41, 5.74) is 3.79. The molecule has 2 unspecified atom stereocenters. The molecule has 7 heteroatoms. The van der Waals surface area contributed by atoms with Crippen molar-refractivity contribution in [2.45, 2.75) is 38.0 Å². The maximum absolute atomic E-state index is 13.4. The van der Waals surface area contributed by atoms with Crippen molar-refractivity contribution >= 4 is 17.5 Å². The van der Waals surface area contributed by atoms with E-state index in [1.807, 2.05) is 37.3 Å². The zero-order chi connectivity index (χ0) is 19.6. The maximum atomic E-state index is 13.4. The third-order valence-electron chi connectivity index (χ3n) is 5.64. The molecule has 1 amide bonds. The largest absolute Gasteiger partial charge is 0.370 e. The summed E-state index contributed by atoms with van der Waals surface area (Å²) >= 11 is 6.08. The Morgan fingerprint density at radius 3 is 2.61 bits per heavy atom. The van der Waals surface area contributed by atoms with Crippen LogP contribution >= 0.6 is 11.6 Å². The lowest BCUT2D eigenvalue weighted by molar-refractivity contribution is 0.0726. The summed E-state index contributed by atoms with van der Waals surface area (Å²) in [6.07, 6.45) is 5.20. The number of hydrogen-bond acceptors (Lipinski definition) is 4. The van der Waals surface area contributed by atoms with Crippen molar-refractivity contribution in [1.29, 1.82) is 0 Å². The summed E-state index contributed by atoms with van der Waals surface area (Å²) in [7, 11) is 1.79. The number of benzene rings is 1. The molecule has 5 rings (SSSR count). The number of aliphatic hydroxyl groups excluding tert-OH is 1. The second kappa shape index (κ2) is 6.22. The Morgan fingerprint density at radius 1 is 1.25 bits per heavy atom. The molecule has 0 spiro atoms. The first-order valence-electron chi connectivity index (χ1n) is 9.43. The molecule has 2 aliphatic heterocycles. The number of imidazole rings is 1. The highest BCUT2D eigenvalue weighted by atomic mass is 35.5. The average Bonchev–Trinajstić information content (AvgIpc) is 3.37. The summed E-state index contributed by atoms with van der Waals surface area (Å²) in [6.45, 7) is 1.86. The third-order valence-corrected chi connectivity index (χ3v) is 5.89. The van der Waals surface area contributed by atoms with Crippen LogP contribution in [0, 0.1) is 0 Å². The minimum atomic E-state index is -0.687. The van der Waals surface area contributed by atoms with E-state index in [0.29, 0.717) is 16.6 Å². The standard InChI is InChI=1S/C21H21ClN4O2/c1-11-9-15(10-25(2)20(11)27)26-18(12-5-7-14(22)8-6-12)16-17(21(26)28)24-19(23-16)13-3-4-13/h5-10,13,18,20,27H,3-4H2,1-2H3,(H,23,24). The number of carbonyl (C=O) groups is 1. The number of rotatable bonds is 3. The van der Waals surface area contributed by atoms with Gasteiger partial charge in [-0.2, -0.15) is 0 Å². The Hall–Kier alpha value is -2.57. The third kappa shape index (κ3) is 2.67. The summed E-state index contributed by atoms with van der Waals surface area (Å²) in [5, 5.41) is 10.9. The van der Waals surface area contributed by atoms with E-state index < -0.39 is 6.23 Å². The zero-order valence-corrected chi connectivity index (χ0v) is 16.4. The summed E-state index contributed by atoms with van der Waals surface area (Å²) in [6, 6.07) is 7.25. The second-order valence-electron chi connectivity index (χ2n) is 7.77. The number of amides is 1.